The molecule has 4 nitrogen and oxygen atoms in total. The summed E-state index contributed by atoms with van der Waals surface area (Å²) in [7, 11) is 0. The number of aromatic nitrogens is 2. The summed E-state index contributed by atoms with van der Waals surface area (Å²) in [5, 5.41) is 10.5. The van der Waals surface area contributed by atoms with E-state index in [4.69, 9.17) is 5.11 Å². The second kappa shape index (κ2) is 5.64. The summed E-state index contributed by atoms with van der Waals surface area (Å²) in [5.41, 5.74) is 1.04. The van der Waals surface area contributed by atoms with Crippen molar-refractivity contribution >= 4 is 17.7 Å². The molecule has 2 aromatic rings. The molecule has 0 amide bonds. The molecule has 18 heavy (non-hydrogen) atoms. The van der Waals surface area contributed by atoms with Crippen LogP contribution in [-0.2, 0) is 6.42 Å². The quantitative estimate of drug-likeness (QED) is 0.915. The number of carboxylic acids is 1. The first-order chi connectivity index (χ1) is 8.69. The SMILES string of the molecule is CCc1cc(C(=O)O)cc(Sc2ccccn2)n1. The first-order valence-corrected chi connectivity index (χ1v) is 6.34. The molecular weight excluding hydrogens is 248 g/mol. The van der Waals surface area contributed by atoms with Gasteiger partial charge in [-0.3, -0.25) is 0 Å². The Morgan fingerprint density at radius 1 is 1.33 bits per heavy atom. The van der Waals surface area contributed by atoms with Gasteiger partial charge < -0.3 is 5.11 Å². The number of aryl methyl sites for hydroxylation is 1. The van der Waals surface area contributed by atoms with Gasteiger partial charge in [0.1, 0.15) is 10.1 Å². The normalized spacial score (nSPS) is 10.3. The Morgan fingerprint density at radius 2 is 2.17 bits per heavy atom. The van der Waals surface area contributed by atoms with Crippen LogP contribution in [0.3, 0.4) is 0 Å². The summed E-state index contributed by atoms with van der Waals surface area (Å²) < 4.78 is 0. The number of aromatic carboxylic acids is 1. The average Bonchev–Trinajstić information content (AvgIpc) is 2.39. The third kappa shape index (κ3) is 3.07. The predicted octanol–water partition coefficient (Wildman–Crippen LogP) is 2.89. The molecule has 1 N–H and O–H groups in total. The molecule has 0 atom stereocenters. The molecule has 0 aliphatic carbocycles. The van der Waals surface area contributed by atoms with Crippen LogP contribution < -0.4 is 0 Å². The minimum absolute atomic E-state index is 0.264. The molecule has 2 aromatic heterocycles. The standard InChI is InChI=1S/C13H12N2O2S/c1-2-10-7-9(13(16)17)8-12(15-10)18-11-5-3-4-6-14-11/h3-8H,2H2,1H3,(H,16,17). The largest absolute Gasteiger partial charge is 0.478 e. The van der Waals surface area contributed by atoms with Crippen molar-refractivity contribution in [3.8, 4) is 0 Å². The number of rotatable bonds is 4. The van der Waals surface area contributed by atoms with Gasteiger partial charge in [-0.2, -0.15) is 0 Å². The highest BCUT2D eigenvalue weighted by Gasteiger charge is 2.09. The third-order valence-electron chi connectivity index (χ3n) is 2.31. The van der Waals surface area contributed by atoms with E-state index in [2.05, 4.69) is 9.97 Å². The predicted molar refractivity (Wildman–Crippen MR) is 68.9 cm³/mol. The number of pyridine rings is 2. The van der Waals surface area contributed by atoms with Crippen LogP contribution in [0.1, 0.15) is 23.0 Å². The minimum atomic E-state index is -0.935. The second-order valence-electron chi connectivity index (χ2n) is 3.61. The van der Waals surface area contributed by atoms with E-state index in [0.717, 1.165) is 10.7 Å². The topological polar surface area (TPSA) is 63.1 Å². The van der Waals surface area contributed by atoms with Gasteiger partial charge in [0.15, 0.2) is 0 Å². The summed E-state index contributed by atoms with van der Waals surface area (Å²) in [4.78, 5) is 19.6. The molecule has 0 fully saturated rings. The van der Waals surface area contributed by atoms with E-state index >= 15 is 0 Å². The average molecular weight is 260 g/mol. The summed E-state index contributed by atoms with van der Waals surface area (Å²) >= 11 is 1.36. The molecule has 0 unspecified atom stereocenters. The Morgan fingerprint density at radius 3 is 2.78 bits per heavy atom. The first-order valence-electron chi connectivity index (χ1n) is 5.52. The van der Waals surface area contributed by atoms with Gasteiger partial charge in [0, 0.05) is 11.9 Å². The first kappa shape index (κ1) is 12.6. The lowest BCUT2D eigenvalue weighted by molar-refractivity contribution is 0.0696. The maximum Gasteiger partial charge on any atom is 0.335 e. The van der Waals surface area contributed by atoms with Gasteiger partial charge in [-0.05, 0) is 30.7 Å². The Balaban J connectivity index is 2.32. The summed E-state index contributed by atoms with van der Waals surface area (Å²) in [5.74, 6) is -0.935. The molecule has 0 bridgehead atoms. The zero-order valence-corrected chi connectivity index (χ0v) is 10.6. The summed E-state index contributed by atoms with van der Waals surface area (Å²) in [6, 6.07) is 8.76. The highest BCUT2D eigenvalue weighted by molar-refractivity contribution is 7.99. The van der Waals surface area contributed by atoms with E-state index in [1.165, 1.54) is 11.8 Å². The molecular formula is C13H12N2O2S. The Hall–Kier alpha value is -1.88. The van der Waals surface area contributed by atoms with Crippen LogP contribution in [0.5, 0.6) is 0 Å². The lowest BCUT2D eigenvalue weighted by Crippen LogP contribution is -2.00. The van der Waals surface area contributed by atoms with E-state index in [0.29, 0.717) is 11.4 Å². The van der Waals surface area contributed by atoms with Gasteiger partial charge in [-0.15, -0.1) is 0 Å². The lowest BCUT2D eigenvalue weighted by Gasteiger charge is -2.04. The number of carboxylic acid groups (broad SMARTS) is 1. The molecule has 5 heteroatoms. The minimum Gasteiger partial charge on any atom is -0.478 e. The van der Waals surface area contributed by atoms with Crippen LogP contribution in [0.25, 0.3) is 0 Å². The van der Waals surface area contributed by atoms with Crippen molar-refractivity contribution in [2.75, 3.05) is 0 Å². The van der Waals surface area contributed by atoms with Crippen molar-refractivity contribution in [2.24, 2.45) is 0 Å². The molecule has 0 aromatic carbocycles. The lowest BCUT2D eigenvalue weighted by atomic mass is 10.2. The fourth-order valence-electron chi connectivity index (χ4n) is 1.43. The van der Waals surface area contributed by atoms with Gasteiger partial charge in [0.25, 0.3) is 0 Å². The third-order valence-corrected chi connectivity index (χ3v) is 3.18. The number of hydrogen-bond acceptors (Lipinski definition) is 4. The number of nitrogens with zero attached hydrogens (tertiary/aromatic N) is 2. The number of hydrogen-bond donors (Lipinski definition) is 1. The molecule has 2 heterocycles. The van der Waals surface area contributed by atoms with Crippen molar-refractivity contribution in [2.45, 2.75) is 23.4 Å². The molecule has 0 saturated carbocycles. The fraction of sp³-hybridized carbons (Fsp3) is 0.154. The van der Waals surface area contributed by atoms with Crippen molar-refractivity contribution in [3.63, 3.8) is 0 Å². The van der Waals surface area contributed by atoms with E-state index in [1.807, 2.05) is 25.1 Å². The van der Waals surface area contributed by atoms with Crippen LogP contribution in [0.15, 0.2) is 46.6 Å². The molecule has 0 aliphatic rings. The zero-order chi connectivity index (χ0) is 13.0. The fourth-order valence-corrected chi connectivity index (χ4v) is 2.25. The van der Waals surface area contributed by atoms with Crippen LogP contribution in [0.2, 0.25) is 0 Å². The highest BCUT2D eigenvalue weighted by atomic mass is 32.2. The van der Waals surface area contributed by atoms with Crippen molar-refractivity contribution < 1.29 is 9.90 Å². The van der Waals surface area contributed by atoms with E-state index in [-0.39, 0.29) is 5.56 Å². The Kier molecular flexibility index (Phi) is 3.94. The highest BCUT2D eigenvalue weighted by Crippen LogP contribution is 2.25. The molecule has 0 aliphatic heterocycles. The van der Waals surface area contributed by atoms with Gasteiger partial charge in [0.2, 0.25) is 0 Å². The maximum absolute atomic E-state index is 11.0. The smallest absolute Gasteiger partial charge is 0.335 e. The monoisotopic (exact) mass is 260 g/mol. The molecule has 0 saturated heterocycles. The van der Waals surface area contributed by atoms with Crippen molar-refractivity contribution in [1.82, 2.24) is 9.97 Å². The zero-order valence-electron chi connectivity index (χ0n) is 9.83. The van der Waals surface area contributed by atoms with Crippen LogP contribution >= 0.6 is 11.8 Å². The van der Waals surface area contributed by atoms with Gasteiger partial charge in [-0.25, -0.2) is 14.8 Å². The molecule has 0 radical (unpaired) electrons. The van der Waals surface area contributed by atoms with Crippen LogP contribution in [0, 0.1) is 0 Å². The van der Waals surface area contributed by atoms with E-state index in [9.17, 15) is 4.79 Å². The molecule has 92 valence electrons. The van der Waals surface area contributed by atoms with Gasteiger partial charge in [0.05, 0.1) is 5.56 Å². The van der Waals surface area contributed by atoms with Crippen molar-refractivity contribution in [1.29, 1.82) is 0 Å². The molecule has 0 spiro atoms. The van der Waals surface area contributed by atoms with Crippen molar-refractivity contribution in [3.05, 3.63) is 47.8 Å². The molecule has 2 rings (SSSR count). The Labute approximate surface area is 109 Å². The van der Waals surface area contributed by atoms with Gasteiger partial charge >= 0.3 is 5.97 Å². The van der Waals surface area contributed by atoms with E-state index < -0.39 is 5.97 Å². The van der Waals surface area contributed by atoms with Crippen LogP contribution in [0.4, 0.5) is 0 Å². The van der Waals surface area contributed by atoms with Gasteiger partial charge in [-0.1, -0.05) is 24.8 Å². The number of carbonyl (C=O) groups is 1. The maximum atomic E-state index is 11.0. The van der Waals surface area contributed by atoms with E-state index in [1.54, 1.807) is 18.3 Å². The van der Waals surface area contributed by atoms with Crippen LogP contribution in [-0.4, -0.2) is 21.0 Å². The summed E-state index contributed by atoms with van der Waals surface area (Å²) in [6.07, 6.45) is 2.40. The second-order valence-corrected chi connectivity index (χ2v) is 4.65. The Bertz CT molecular complexity index is 558. The summed E-state index contributed by atoms with van der Waals surface area (Å²) in [6.45, 7) is 1.95.